The van der Waals surface area contributed by atoms with Gasteiger partial charge in [-0.2, -0.15) is 9.78 Å². The van der Waals surface area contributed by atoms with Gasteiger partial charge >= 0.3 is 6.03 Å². The smallest absolute Gasteiger partial charge is 0.276 e. The summed E-state index contributed by atoms with van der Waals surface area (Å²) in [6.45, 7) is 4.06. The number of hydrogen-bond acceptors (Lipinski definition) is 4. The Morgan fingerprint density at radius 1 is 0.935 bits per heavy atom. The Hall–Kier alpha value is -3.64. The third kappa shape index (κ3) is 3.35. The highest BCUT2D eigenvalue weighted by atomic mass is 32.1. The molecule has 0 bridgehead atoms. The van der Waals surface area contributed by atoms with Crippen LogP contribution in [0.4, 0.5) is 4.79 Å². The van der Waals surface area contributed by atoms with E-state index in [1.807, 2.05) is 68.4 Å². The zero-order chi connectivity index (χ0) is 21.5. The number of hydrogen-bond donors (Lipinski definition) is 0. The van der Waals surface area contributed by atoms with Crippen LogP contribution in [0.2, 0.25) is 0 Å². The fraction of sp³-hybridized carbons (Fsp3) is 0.120. The minimum Gasteiger partial charge on any atom is -0.276 e. The van der Waals surface area contributed by atoms with Crippen LogP contribution in [0.1, 0.15) is 22.6 Å². The Balaban J connectivity index is 1.64. The van der Waals surface area contributed by atoms with Crippen LogP contribution in [0.3, 0.4) is 0 Å². The Morgan fingerprint density at radius 3 is 2.19 bits per heavy atom. The maximum atomic E-state index is 13.3. The first-order valence-corrected chi connectivity index (χ1v) is 10.5. The van der Waals surface area contributed by atoms with Gasteiger partial charge in [0.1, 0.15) is 4.99 Å². The number of carbonyl (C=O) groups excluding carboxylic acids is 1. The van der Waals surface area contributed by atoms with Crippen molar-refractivity contribution >= 4 is 23.2 Å². The van der Waals surface area contributed by atoms with Crippen LogP contribution in [-0.4, -0.2) is 30.7 Å². The molecule has 0 N–H and O–H groups in total. The number of benzene rings is 2. The van der Waals surface area contributed by atoms with Crippen molar-refractivity contribution in [2.75, 3.05) is 0 Å². The Morgan fingerprint density at radius 2 is 1.58 bits per heavy atom. The first-order chi connectivity index (χ1) is 15.0. The first-order valence-electron chi connectivity index (χ1n) is 10.1. The lowest BCUT2D eigenvalue weighted by molar-refractivity contribution is 0.219. The molecule has 0 aliphatic carbocycles. The largest absolute Gasteiger partial charge is 0.350 e. The van der Waals surface area contributed by atoms with E-state index in [-0.39, 0.29) is 6.03 Å². The van der Waals surface area contributed by atoms with Crippen molar-refractivity contribution in [3.05, 3.63) is 95.4 Å². The number of amides is 1. The Labute approximate surface area is 186 Å². The van der Waals surface area contributed by atoms with E-state index in [1.165, 1.54) is 4.68 Å². The van der Waals surface area contributed by atoms with Gasteiger partial charge in [0, 0.05) is 16.8 Å². The van der Waals surface area contributed by atoms with E-state index in [1.54, 1.807) is 4.90 Å². The molecular formula is C25H20N4OS. The van der Waals surface area contributed by atoms with Gasteiger partial charge in [0.2, 0.25) is 0 Å². The number of aromatic nitrogens is 3. The van der Waals surface area contributed by atoms with E-state index >= 15 is 0 Å². The second-order valence-corrected chi connectivity index (χ2v) is 8.01. The summed E-state index contributed by atoms with van der Waals surface area (Å²) in [6.07, 6.45) is 0. The molecule has 1 aliphatic rings. The molecule has 1 aliphatic heterocycles. The van der Waals surface area contributed by atoms with Crippen LogP contribution in [0.15, 0.2) is 72.8 Å². The van der Waals surface area contributed by atoms with Gasteiger partial charge in [-0.15, -0.1) is 0 Å². The fourth-order valence-electron chi connectivity index (χ4n) is 4.00. The number of aryl methyl sites for hydroxylation is 2. The second-order valence-electron chi connectivity index (χ2n) is 7.62. The molecule has 3 heterocycles. The molecule has 0 unspecified atom stereocenters. The lowest BCUT2D eigenvalue weighted by Crippen LogP contribution is -2.35. The van der Waals surface area contributed by atoms with Crippen molar-refractivity contribution < 1.29 is 4.79 Å². The van der Waals surface area contributed by atoms with E-state index < -0.39 is 0 Å². The predicted octanol–water partition coefficient (Wildman–Crippen LogP) is 5.39. The maximum Gasteiger partial charge on any atom is 0.350 e. The number of nitrogens with zero attached hydrogens (tertiary/aromatic N) is 4. The van der Waals surface area contributed by atoms with E-state index in [0.717, 1.165) is 45.0 Å². The number of pyridine rings is 1. The van der Waals surface area contributed by atoms with Gasteiger partial charge in [-0.1, -0.05) is 72.9 Å². The third-order valence-corrected chi connectivity index (χ3v) is 5.86. The van der Waals surface area contributed by atoms with Crippen LogP contribution in [0.25, 0.3) is 22.4 Å². The molecule has 5 rings (SSSR count). The topological polar surface area (TPSA) is 51.0 Å². The first kappa shape index (κ1) is 19.3. The van der Waals surface area contributed by atoms with E-state index in [9.17, 15) is 4.79 Å². The highest BCUT2D eigenvalue weighted by Gasteiger charge is 2.34. The average molecular weight is 425 g/mol. The van der Waals surface area contributed by atoms with Gasteiger partial charge in [0.25, 0.3) is 0 Å². The summed E-state index contributed by atoms with van der Waals surface area (Å²) in [5, 5.41) is 4.34. The Kier molecular flexibility index (Phi) is 4.71. The van der Waals surface area contributed by atoms with Crippen LogP contribution >= 0.6 is 12.2 Å². The molecule has 5 nitrogen and oxygen atoms in total. The van der Waals surface area contributed by atoms with E-state index in [2.05, 4.69) is 23.3 Å². The number of thiocarbonyl (C=S) groups is 1. The molecule has 0 fully saturated rings. The zero-order valence-corrected chi connectivity index (χ0v) is 18.1. The van der Waals surface area contributed by atoms with Crippen molar-refractivity contribution in [1.29, 1.82) is 0 Å². The SMILES string of the molecule is Cc1cc(C)n(C(=O)N2Cc3nc(-c4ccccc4)cc(-c4ccccc4)c3C2=S)n1. The minimum atomic E-state index is -0.256. The van der Waals surface area contributed by atoms with Crippen LogP contribution in [0, 0.1) is 13.8 Å². The van der Waals surface area contributed by atoms with E-state index in [4.69, 9.17) is 17.2 Å². The Bertz CT molecular complexity index is 1310. The summed E-state index contributed by atoms with van der Waals surface area (Å²) in [5.41, 5.74) is 7.14. The van der Waals surface area contributed by atoms with Gasteiger partial charge in [-0.05, 0) is 37.1 Å². The molecule has 4 aromatic rings. The molecule has 2 aromatic heterocycles. The summed E-state index contributed by atoms with van der Waals surface area (Å²) < 4.78 is 1.41. The highest BCUT2D eigenvalue weighted by Crippen LogP contribution is 2.35. The lowest BCUT2D eigenvalue weighted by Gasteiger charge is -2.16. The molecule has 0 saturated heterocycles. The normalized spacial score (nSPS) is 12.8. The molecule has 31 heavy (non-hydrogen) atoms. The van der Waals surface area contributed by atoms with Crippen molar-refractivity contribution in [1.82, 2.24) is 19.7 Å². The molecular weight excluding hydrogens is 404 g/mol. The monoisotopic (exact) mass is 424 g/mol. The zero-order valence-electron chi connectivity index (χ0n) is 17.2. The number of fused-ring (bicyclic) bond motifs is 1. The average Bonchev–Trinajstić information content (AvgIpc) is 3.32. The second kappa shape index (κ2) is 7.56. The summed E-state index contributed by atoms with van der Waals surface area (Å²) in [4.78, 5) is 20.3. The summed E-state index contributed by atoms with van der Waals surface area (Å²) in [5.74, 6) is 0. The molecule has 0 spiro atoms. The van der Waals surface area contributed by atoms with Crippen molar-refractivity contribution in [2.45, 2.75) is 20.4 Å². The molecule has 0 radical (unpaired) electrons. The maximum absolute atomic E-state index is 13.3. The molecule has 6 heteroatoms. The van der Waals surface area contributed by atoms with Crippen LogP contribution < -0.4 is 0 Å². The molecule has 1 amide bonds. The predicted molar refractivity (Wildman–Crippen MR) is 125 cm³/mol. The van der Waals surface area contributed by atoms with Crippen LogP contribution in [0.5, 0.6) is 0 Å². The minimum absolute atomic E-state index is 0.256. The highest BCUT2D eigenvalue weighted by molar-refractivity contribution is 7.80. The van der Waals surface area contributed by atoms with Gasteiger partial charge in [0.15, 0.2) is 0 Å². The summed E-state index contributed by atoms with van der Waals surface area (Å²) >= 11 is 5.79. The van der Waals surface area contributed by atoms with Crippen LogP contribution in [-0.2, 0) is 6.54 Å². The summed E-state index contributed by atoms with van der Waals surface area (Å²) in [7, 11) is 0. The van der Waals surface area contributed by atoms with Gasteiger partial charge in [-0.25, -0.2) is 4.79 Å². The van der Waals surface area contributed by atoms with Gasteiger partial charge < -0.3 is 0 Å². The summed E-state index contributed by atoms with van der Waals surface area (Å²) in [6, 6.07) is 23.8. The molecule has 2 aromatic carbocycles. The van der Waals surface area contributed by atoms with Gasteiger partial charge in [0.05, 0.1) is 23.6 Å². The fourth-order valence-corrected chi connectivity index (χ4v) is 4.37. The quantitative estimate of drug-likeness (QED) is 0.405. The molecule has 0 saturated carbocycles. The number of rotatable bonds is 2. The molecule has 152 valence electrons. The molecule has 0 atom stereocenters. The number of carbonyl (C=O) groups is 1. The van der Waals surface area contributed by atoms with Gasteiger partial charge in [-0.3, -0.25) is 9.88 Å². The third-order valence-electron chi connectivity index (χ3n) is 5.44. The van der Waals surface area contributed by atoms with Crippen molar-refractivity contribution in [3.63, 3.8) is 0 Å². The standard InChI is InChI=1S/C25H20N4OS/c1-16-13-17(2)29(27-16)25(30)28-15-22-23(24(28)31)20(18-9-5-3-6-10-18)14-21(26-22)19-11-7-4-8-12-19/h3-14H,15H2,1-2H3. The lowest BCUT2D eigenvalue weighted by atomic mass is 9.97. The van der Waals surface area contributed by atoms with E-state index in [0.29, 0.717) is 11.5 Å². The van der Waals surface area contributed by atoms with Crippen molar-refractivity contribution in [2.24, 2.45) is 0 Å². The van der Waals surface area contributed by atoms with Crippen molar-refractivity contribution in [3.8, 4) is 22.4 Å².